The summed E-state index contributed by atoms with van der Waals surface area (Å²) >= 11 is 7.40. The van der Waals surface area contributed by atoms with Crippen molar-refractivity contribution >= 4 is 51.4 Å². The topological polar surface area (TPSA) is 93.7 Å². The molecule has 9 heteroatoms. The maximum Gasteiger partial charge on any atom is 0.341 e. The largest absolute Gasteiger partial charge is 0.484 e. The van der Waals surface area contributed by atoms with Gasteiger partial charge in [-0.05, 0) is 93.1 Å². The number of nitrogens with one attached hydrogen (secondary N) is 2. The maximum absolute atomic E-state index is 12.6. The van der Waals surface area contributed by atoms with E-state index in [1.54, 1.807) is 49.4 Å². The molecule has 0 aliphatic heterocycles. The molecule has 0 unspecified atom stereocenters. The number of hydrogen-bond donors (Lipinski definition) is 2. The quantitative estimate of drug-likeness (QED) is 0.349. The van der Waals surface area contributed by atoms with Crippen LogP contribution in [-0.4, -0.2) is 31.0 Å². The molecule has 0 saturated carbocycles. The molecule has 4 rings (SSSR count). The molecule has 0 spiro atoms. The smallest absolute Gasteiger partial charge is 0.341 e. The third-order valence-electron chi connectivity index (χ3n) is 5.83. The zero-order valence-electron chi connectivity index (χ0n) is 20.1. The number of hydrogen-bond acceptors (Lipinski definition) is 6. The van der Waals surface area contributed by atoms with Gasteiger partial charge in [-0.25, -0.2) is 4.79 Å². The Morgan fingerprint density at radius 3 is 2.50 bits per heavy atom. The van der Waals surface area contributed by atoms with Crippen molar-refractivity contribution in [1.29, 1.82) is 0 Å². The SMILES string of the molecule is CCOC(=O)c1c(NC(=O)COc2ccc(C(=O)Nc3ccc(Cl)cc3C)cc2)sc2c1CCCC2. The summed E-state index contributed by atoms with van der Waals surface area (Å²) in [4.78, 5) is 38.9. The fourth-order valence-electron chi connectivity index (χ4n) is 4.05. The second kappa shape index (κ2) is 11.6. The molecule has 0 bridgehead atoms. The Balaban J connectivity index is 1.36. The van der Waals surface area contributed by atoms with E-state index in [0.717, 1.165) is 41.7 Å². The molecule has 7 nitrogen and oxygen atoms in total. The monoisotopic (exact) mass is 526 g/mol. The highest BCUT2D eigenvalue weighted by Crippen LogP contribution is 2.38. The van der Waals surface area contributed by atoms with Gasteiger partial charge >= 0.3 is 5.97 Å². The molecule has 2 N–H and O–H groups in total. The van der Waals surface area contributed by atoms with Gasteiger partial charge in [-0.3, -0.25) is 9.59 Å². The zero-order valence-corrected chi connectivity index (χ0v) is 21.7. The Morgan fingerprint density at radius 1 is 1.03 bits per heavy atom. The van der Waals surface area contributed by atoms with Crippen LogP contribution in [-0.2, 0) is 22.4 Å². The number of halogens is 1. The van der Waals surface area contributed by atoms with Crippen molar-refractivity contribution in [2.45, 2.75) is 39.5 Å². The maximum atomic E-state index is 12.6. The second-order valence-electron chi connectivity index (χ2n) is 8.41. The van der Waals surface area contributed by atoms with Crippen LogP contribution in [0.3, 0.4) is 0 Å². The number of esters is 1. The summed E-state index contributed by atoms with van der Waals surface area (Å²) in [6.45, 7) is 3.66. The lowest BCUT2D eigenvalue weighted by Gasteiger charge is -2.12. The first kappa shape index (κ1) is 25.7. The average molecular weight is 527 g/mol. The molecule has 1 aliphatic carbocycles. The van der Waals surface area contributed by atoms with Crippen molar-refractivity contribution in [3.05, 3.63) is 74.6 Å². The van der Waals surface area contributed by atoms with Crippen LogP contribution in [0.25, 0.3) is 0 Å². The number of ether oxygens (including phenoxy) is 2. The molecule has 1 aliphatic rings. The molecule has 0 saturated heterocycles. The van der Waals surface area contributed by atoms with E-state index in [2.05, 4.69) is 10.6 Å². The van der Waals surface area contributed by atoms with Gasteiger partial charge in [-0.15, -0.1) is 11.3 Å². The Bertz CT molecular complexity index is 1290. The van der Waals surface area contributed by atoms with Gasteiger partial charge in [0.1, 0.15) is 10.8 Å². The molecular weight excluding hydrogens is 500 g/mol. The minimum Gasteiger partial charge on any atom is -0.484 e. The summed E-state index contributed by atoms with van der Waals surface area (Å²) in [5.74, 6) is -0.603. The zero-order chi connectivity index (χ0) is 25.7. The van der Waals surface area contributed by atoms with Gasteiger partial charge in [0.15, 0.2) is 6.61 Å². The van der Waals surface area contributed by atoms with E-state index in [9.17, 15) is 14.4 Å². The number of rotatable bonds is 8. The van der Waals surface area contributed by atoms with Crippen molar-refractivity contribution in [2.75, 3.05) is 23.8 Å². The van der Waals surface area contributed by atoms with E-state index in [-0.39, 0.29) is 25.0 Å². The van der Waals surface area contributed by atoms with Crippen molar-refractivity contribution in [1.82, 2.24) is 0 Å². The normalized spacial score (nSPS) is 12.4. The molecule has 188 valence electrons. The fourth-order valence-corrected chi connectivity index (χ4v) is 5.57. The van der Waals surface area contributed by atoms with E-state index >= 15 is 0 Å². The first-order valence-corrected chi connectivity index (χ1v) is 13.0. The molecule has 2 amide bonds. The number of carbonyl (C=O) groups is 3. The second-order valence-corrected chi connectivity index (χ2v) is 9.95. The Hall–Kier alpha value is -3.36. The molecule has 0 fully saturated rings. The van der Waals surface area contributed by atoms with E-state index in [1.807, 2.05) is 6.92 Å². The summed E-state index contributed by atoms with van der Waals surface area (Å²) in [6.07, 6.45) is 3.79. The van der Waals surface area contributed by atoms with Crippen molar-refractivity contribution in [2.24, 2.45) is 0 Å². The molecule has 1 aromatic heterocycles. The lowest BCUT2D eigenvalue weighted by atomic mass is 9.95. The lowest BCUT2D eigenvalue weighted by Crippen LogP contribution is -2.21. The lowest BCUT2D eigenvalue weighted by molar-refractivity contribution is -0.118. The van der Waals surface area contributed by atoms with Gasteiger partial charge in [0.25, 0.3) is 11.8 Å². The predicted molar refractivity (Wildman–Crippen MR) is 142 cm³/mol. The third kappa shape index (κ3) is 6.06. The molecule has 3 aromatic rings. The first-order valence-electron chi connectivity index (χ1n) is 11.8. The number of carbonyl (C=O) groups excluding carboxylic acids is 3. The predicted octanol–water partition coefficient (Wildman–Crippen LogP) is 6.04. The molecule has 0 radical (unpaired) electrons. The Labute approximate surface area is 218 Å². The fraction of sp³-hybridized carbons (Fsp3) is 0.296. The van der Waals surface area contributed by atoms with Gasteiger partial charge in [-0.2, -0.15) is 0 Å². The molecular formula is C27H27ClN2O5S. The first-order chi connectivity index (χ1) is 17.4. The molecule has 1 heterocycles. The van der Waals surface area contributed by atoms with Crippen LogP contribution in [0.1, 0.15) is 56.5 Å². The Morgan fingerprint density at radius 2 is 1.78 bits per heavy atom. The van der Waals surface area contributed by atoms with Gasteiger partial charge < -0.3 is 20.1 Å². The highest BCUT2D eigenvalue weighted by molar-refractivity contribution is 7.17. The summed E-state index contributed by atoms with van der Waals surface area (Å²) in [6, 6.07) is 11.8. The third-order valence-corrected chi connectivity index (χ3v) is 7.27. The average Bonchev–Trinajstić information content (AvgIpc) is 3.22. The van der Waals surface area contributed by atoms with Crippen molar-refractivity contribution in [3.63, 3.8) is 0 Å². The molecule has 0 atom stereocenters. The molecule has 2 aromatic carbocycles. The highest BCUT2D eigenvalue weighted by atomic mass is 35.5. The number of thiophene rings is 1. The van der Waals surface area contributed by atoms with Crippen LogP contribution >= 0.6 is 22.9 Å². The summed E-state index contributed by atoms with van der Waals surface area (Å²) < 4.78 is 10.8. The van der Waals surface area contributed by atoms with Gasteiger partial charge in [-0.1, -0.05) is 11.6 Å². The number of benzene rings is 2. The standard InChI is InChI=1S/C27H27ClN2O5S/c1-3-34-27(33)24-20-6-4-5-7-22(20)36-26(24)30-23(31)15-35-19-11-8-17(9-12-19)25(32)29-21-13-10-18(28)14-16(21)2/h8-14H,3-7,15H2,1-2H3,(H,29,32)(H,30,31). The van der Waals surface area contributed by atoms with Crippen LogP contribution < -0.4 is 15.4 Å². The Kier molecular flexibility index (Phi) is 8.28. The molecule has 36 heavy (non-hydrogen) atoms. The van der Waals surface area contributed by atoms with E-state index in [0.29, 0.717) is 32.6 Å². The summed E-state index contributed by atoms with van der Waals surface area (Å²) in [5, 5.41) is 6.80. The van der Waals surface area contributed by atoms with Gasteiger partial charge in [0.2, 0.25) is 0 Å². The van der Waals surface area contributed by atoms with Crippen LogP contribution in [0.2, 0.25) is 5.02 Å². The summed E-state index contributed by atoms with van der Waals surface area (Å²) in [7, 11) is 0. The van der Waals surface area contributed by atoms with E-state index < -0.39 is 5.97 Å². The van der Waals surface area contributed by atoms with Crippen LogP contribution in [0, 0.1) is 6.92 Å². The van der Waals surface area contributed by atoms with Crippen LogP contribution in [0.15, 0.2) is 42.5 Å². The van der Waals surface area contributed by atoms with Crippen molar-refractivity contribution in [3.8, 4) is 5.75 Å². The van der Waals surface area contributed by atoms with Gasteiger partial charge in [0, 0.05) is 21.2 Å². The van der Waals surface area contributed by atoms with Crippen LogP contribution in [0.4, 0.5) is 10.7 Å². The minimum absolute atomic E-state index is 0.236. The summed E-state index contributed by atoms with van der Waals surface area (Å²) in [5.41, 5.74) is 3.45. The van der Waals surface area contributed by atoms with E-state index in [1.165, 1.54) is 11.3 Å². The van der Waals surface area contributed by atoms with Crippen LogP contribution in [0.5, 0.6) is 5.75 Å². The minimum atomic E-state index is -0.407. The van der Waals surface area contributed by atoms with E-state index in [4.69, 9.17) is 21.1 Å². The number of anilines is 2. The van der Waals surface area contributed by atoms with Gasteiger partial charge in [0.05, 0.1) is 12.2 Å². The number of amides is 2. The number of fused-ring (bicyclic) bond motifs is 1. The van der Waals surface area contributed by atoms with Crippen molar-refractivity contribution < 1.29 is 23.9 Å². The highest BCUT2D eigenvalue weighted by Gasteiger charge is 2.27. The number of aryl methyl sites for hydroxylation is 2.